The Hall–Kier alpha value is -0.820. The summed E-state index contributed by atoms with van der Waals surface area (Å²) in [7, 11) is -1.50. The first-order valence-corrected chi connectivity index (χ1v) is 9.16. The third-order valence-corrected chi connectivity index (χ3v) is 4.74. The maximum absolute atomic E-state index is 11.2. The Bertz CT molecular complexity index is 584. The van der Waals surface area contributed by atoms with Gasteiger partial charge in [-0.15, -0.1) is 0 Å². The van der Waals surface area contributed by atoms with Crippen molar-refractivity contribution in [3.8, 4) is 5.75 Å². The van der Waals surface area contributed by atoms with E-state index in [0.29, 0.717) is 5.02 Å². The molecule has 1 aromatic carbocycles. The van der Waals surface area contributed by atoms with E-state index in [1.165, 1.54) is 6.26 Å². The van der Waals surface area contributed by atoms with Crippen molar-refractivity contribution in [3.05, 3.63) is 28.8 Å². The molecule has 0 atom stereocenters. The number of methoxy groups -OCH3 is 1. The number of ether oxygens (including phenoxy) is 1. The molecule has 0 saturated carbocycles. The van der Waals surface area contributed by atoms with Gasteiger partial charge < -0.3 is 4.74 Å². The van der Waals surface area contributed by atoms with Crippen molar-refractivity contribution in [2.45, 2.75) is 25.4 Å². The van der Waals surface area contributed by atoms with Crippen LogP contribution in [0.1, 0.15) is 18.4 Å². The first-order valence-electron chi connectivity index (χ1n) is 6.89. The zero-order valence-corrected chi connectivity index (χ0v) is 13.9. The molecule has 0 unspecified atom stereocenters. The summed E-state index contributed by atoms with van der Waals surface area (Å²) in [5.74, 6) is 0.750. The number of sulfonamides is 1. The highest BCUT2D eigenvalue weighted by atomic mass is 35.5. The largest absolute Gasteiger partial charge is 0.497 e. The van der Waals surface area contributed by atoms with E-state index in [0.717, 1.165) is 43.8 Å². The predicted octanol–water partition coefficient (Wildman–Crippen LogP) is 1.86. The molecular formula is C14H21ClN2O3S. The van der Waals surface area contributed by atoms with Crippen molar-refractivity contribution in [1.29, 1.82) is 0 Å². The molecule has 0 bridgehead atoms. The first-order chi connectivity index (χ1) is 9.87. The molecule has 0 aromatic heterocycles. The van der Waals surface area contributed by atoms with Crippen LogP contribution in [0.5, 0.6) is 5.75 Å². The summed E-state index contributed by atoms with van der Waals surface area (Å²) in [5, 5.41) is 0.700. The van der Waals surface area contributed by atoms with Gasteiger partial charge in [0.15, 0.2) is 0 Å². The zero-order chi connectivity index (χ0) is 15.5. The molecule has 1 aliphatic heterocycles. The van der Waals surface area contributed by atoms with Gasteiger partial charge in [-0.2, -0.15) is 0 Å². The summed E-state index contributed by atoms with van der Waals surface area (Å²) in [6, 6.07) is 5.73. The Labute approximate surface area is 131 Å². The lowest BCUT2D eigenvalue weighted by molar-refractivity contribution is 0.200. The molecule has 0 radical (unpaired) electrons. The maximum Gasteiger partial charge on any atom is 0.208 e. The van der Waals surface area contributed by atoms with Gasteiger partial charge >= 0.3 is 0 Å². The maximum atomic E-state index is 11.2. The first kappa shape index (κ1) is 16.5. The lowest BCUT2D eigenvalue weighted by Crippen LogP contribution is -2.43. The standard InChI is InChI=1S/C14H21ClN2O3S/c1-20-13-4-3-11(14(15)9-13)10-17-7-5-12(6-8-17)16-21(2,18)19/h3-4,9,12,16H,5-8,10H2,1-2H3. The summed E-state index contributed by atoms with van der Waals surface area (Å²) in [4.78, 5) is 2.29. The van der Waals surface area contributed by atoms with Crippen LogP contribution in [0.15, 0.2) is 18.2 Å². The summed E-state index contributed by atoms with van der Waals surface area (Å²) in [6.45, 7) is 2.49. The number of rotatable bonds is 5. The number of nitrogens with zero attached hydrogens (tertiary/aromatic N) is 1. The average Bonchev–Trinajstić information content (AvgIpc) is 2.41. The zero-order valence-electron chi connectivity index (χ0n) is 12.3. The molecule has 2 rings (SSSR count). The minimum absolute atomic E-state index is 0.0441. The Morgan fingerprint density at radius 1 is 1.38 bits per heavy atom. The van der Waals surface area contributed by atoms with Gasteiger partial charge in [0.1, 0.15) is 5.75 Å². The van der Waals surface area contributed by atoms with Gasteiger partial charge in [-0.25, -0.2) is 13.1 Å². The van der Waals surface area contributed by atoms with E-state index >= 15 is 0 Å². The monoisotopic (exact) mass is 332 g/mol. The SMILES string of the molecule is COc1ccc(CN2CCC(NS(C)(=O)=O)CC2)c(Cl)c1. The van der Waals surface area contributed by atoms with E-state index in [1.807, 2.05) is 18.2 Å². The van der Waals surface area contributed by atoms with Gasteiger partial charge in [-0.3, -0.25) is 4.90 Å². The molecule has 0 spiro atoms. The van der Waals surface area contributed by atoms with Crippen molar-refractivity contribution in [2.24, 2.45) is 0 Å². The van der Waals surface area contributed by atoms with Crippen LogP contribution in [0.25, 0.3) is 0 Å². The molecule has 1 fully saturated rings. The Morgan fingerprint density at radius 3 is 2.57 bits per heavy atom. The molecule has 1 N–H and O–H groups in total. The molecular weight excluding hydrogens is 312 g/mol. The van der Waals surface area contributed by atoms with Crippen molar-refractivity contribution in [3.63, 3.8) is 0 Å². The second-order valence-corrected chi connectivity index (χ2v) is 7.59. The number of hydrogen-bond acceptors (Lipinski definition) is 4. The highest BCUT2D eigenvalue weighted by Crippen LogP contribution is 2.24. The molecule has 1 aromatic rings. The fourth-order valence-electron chi connectivity index (χ4n) is 2.54. The summed E-state index contributed by atoms with van der Waals surface area (Å²) in [6.07, 6.45) is 2.85. The second kappa shape index (κ2) is 6.96. The third kappa shape index (κ3) is 5.14. The Kier molecular flexibility index (Phi) is 5.48. The van der Waals surface area contributed by atoms with E-state index in [2.05, 4.69) is 9.62 Å². The predicted molar refractivity (Wildman–Crippen MR) is 84.3 cm³/mol. The lowest BCUT2D eigenvalue weighted by Gasteiger charge is -2.32. The minimum atomic E-state index is -3.12. The molecule has 1 heterocycles. The fourth-order valence-corrected chi connectivity index (χ4v) is 3.61. The Morgan fingerprint density at radius 2 is 2.05 bits per heavy atom. The van der Waals surface area contributed by atoms with Gasteiger partial charge in [-0.05, 0) is 30.5 Å². The number of halogens is 1. The minimum Gasteiger partial charge on any atom is -0.497 e. The van der Waals surface area contributed by atoms with Crippen molar-refractivity contribution in [1.82, 2.24) is 9.62 Å². The molecule has 21 heavy (non-hydrogen) atoms. The number of benzene rings is 1. The molecule has 5 nitrogen and oxygen atoms in total. The molecule has 0 aliphatic carbocycles. The quantitative estimate of drug-likeness (QED) is 0.894. The molecule has 118 valence electrons. The lowest BCUT2D eigenvalue weighted by atomic mass is 10.1. The highest BCUT2D eigenvalue weighted by Gasteiger charge is 2.22. The van der Waals surface area contributed by atoms with E-state index in [1.54, 1.807) is 7.11 Å². The van der Waals surface area contributed by atoms with Crippen LogP contribution in [-0.4, -0.2) is 45.8 Å². The van der Waals surface area contributed by atoms with Crippen molar-refractivity contribution in [2.75, 3.05) is 26.5 Å². The van der Waals surface area contributed by atoms with Gasteiger partial charge in [0.2, 0.25) is 10.0 Å². The molecule has 1 aliphatic rings. The number of likely N-dealkylation sites (tertiary alicyclic amines) is 1. The van der Waals surface area contributed by atoms with Gasteiger partial charge in [0, 0.05) is 30.7 Å². The second-order valence-electron chi connectivity index (χ2n) is 5.40. The van der Waals surface area contributed by atoms with E-state index < -0.39 is 10.0 Å². The van der Waals surface area contributed by atoms with Crippen LogP contribution in [0.4, 0.5) is 0 Å². The fraction of sp³-hybridized carbons (Fsp3) is 0.571. The molecule has 0 amide bonds. The van der Waals surface area contributed by atoms with Crippen LogP contribution in [0.2, 0.25) is 5.02 Å². The smallest absolute Gasteiger partial charge is 0.208 e. The van der Waals surface area contributed by atoms with E-state index in [9.17, 15) is 8.42 Å². The summed E-state index contributed by atoms with van der Waals surface area (Å²) < 4.78 is 30.3. The van der Waals surface area contributed by atoms with Gasteiger partial charge in [0.05, 0.1) is 13.4 Å². The number of piperidine rings is 1. The number of nitrogens with one attached hydrogen (secondary N) is 1. The van der Waals surface area contributed by atoms with Crippen molar-refractivity contribution < 1.29 is 13.2 Å². The highest BCUT2D eigenvalue weighted by molar-refractivity contribution is 7.88. The van der Waals surface area contributed by atoms with Crippen LogP contribution in [0, 0.1) is 0 Å². The van der Waals surface area contributed by atoms with Gasteiger partial charge in [0.25, 0.3) is 0 Å². The van der Waals surface area contributed by atoms with E-state index in [4.69, 9.17) is 16.3 Å². The van der Waals surface area contributed by atoms with Crippen LogP contribution >= 0.6 is 11.6 Å². The average molecular weight is 333 g/mol. The van der Waals surface area contributed by atoms with E-state index in [-0.39, 0.29) is 6.04 Å². The van der Waals surface area contributed by atoms with Crippen molar-refractivity contribution >= 4 is 21.6 Å². The van der Waals surface area contributed by atoms with Gasteiger partial charge in [-0.1, -0.05) is 17.7 Å². The summed E-state index contributed by atoms with van der Waals surface area (Å²) >= 11 is 6.24. The van der Waals surface area contributed by atoms with Crippen LogP contribution in [-0.2, 0) is 16.6 Å². The number of hydrogen-bond donors (Lipinski definition) is 1. The van der Waals surface area contributed by atoms with Crippen LogP contribution < -0.4 is 9.46 Å². The Balaban J connectivity index is 1.89. The normalized spacial score (nSPS) is 17.9. The third-order valence-electron chi connectivity index (χ3n) is 3.62. The topological polar surface area (TPSA) is 58.6 Å². The molecule has 1 saturated heterocycles. The molecule has 7 heteroatoms. The van der Waals surface area contributed by atoms with Crippen LogP contribution in [0.3, 0.4) is 0 Å². The summed E-state index contributed by atoms with van der Waals surface area (Å²) in [5.41, 5.74) is 1.06.